The first-order valence-corrected chi connectivity index (χ1v) is 7.88. The largest absolute Gasteiger partial charge is 0.490 e. The fourth-order valence-corrected chi connectivity index (χ4v) is 2.27. The minimum atomic E-state index is -0.595. The van der Waals surface area contributed by atoms with Gasteiger partial charge in [0.25, 0.3) is 0 Å². The van der Waals surface area contributed by atoms with Crippen LogP contribution in [-0.2, 0) is 11.3 Å². The molecule has 2 N–H and O–H groups in total. The molecule has 1 aromatic rings. The van der Waals surface area contributed by atoms with Crippen molar-refractivity contribution in [2.75, 3.05) is 19.8 Å². The number of aliphatic hydroxyl groups excluding tert-OH is 1. The number of hydrogen-bond acceptors (Lipinski definition) is 4. The Morgan fingerprint density at radius 2 is 2.20 bits per heavy atom. The molecule has 0 heterocycles. The minimum absolute atomic E-state index is 0.248. The zero-order chi connectivity index (χ0) is 14.4. The van der Waals surface area contributed by atoms with E-state index >= 15 is 0 Å². The van der Waals surface area contributed by atoms with Gasteiger partial charge in [0.15, 0.2) is 0 Å². The number of nitrogens with one attached hydrogen (secondary N) is 1. The third-order valence-electron chi connectivity index (χ3n) is 3.13. The predicted octanol–water partition coefficient (Wildman–Crippen LogP) is 2.48. The SMILES string of the molecule is CCOCC(O)COc1ccc(Br)cc1CNC1CC1. The highest BCUT2D eigenvalue weighted by atomic mass is 79.9. The first-order chi connectivity index (χ1) is 9.69. The molecule has 0 saturated heterocycles. The molecule has 5 heteroatoms. The molecule has 112 valence electrons. The highest BCUT2D eigenvalue weighted by Crippen LogP contribution is 2.25. The second-order valence-electron chi connectivity index (χ2n) is 5.03. The second kappa shape index (κ2) is 7.98. The normalized spacial score (nSPS) is 16.1. The van der Waals surface area contributed by atoms with Crippen LogP contribution in [0.5, 0.6) is 5.75 Å². The maximum atomic E-state index is 9.74. The predicted molar refractivity (Wildman–Crippen MR) is 82.0 cm³/mol. The van der Waals surface area contributed by atoms with Gasteiger partial charge in [-0.1, -0.05) is 15.9 Å². The monoisotopic (exact) mass is 343 g/mol. The lowest BCUT2D eigenvalue weighted by molar-refractivity contribution is 0.0162. The summed E-state index contributed by atoms with van der Waals surface area (Å²) in [7, 11) is 0. The standard InChI is InChI=1S/C15H22BrNO3/c1-2-19-9-14(18)10-20-15-6-3-12(16)7-11(15)8-17-13-4-5-13/h3,6-7,13-14,17-18H,2,4-5,8-10H2,1H3. The smallest absolute Gasteiger partial charge is 0.124 e. The maximum absolute atomic E-state index is 9.74. The van der Waals surface area contributed by atoms with Crippen molar-refractivity contribution in [2.45, 2.75) is 38.5 Å². The molecule has 0 amide bonds. The van der Waals surface area contributed by atoms with Gasteiger partial charge in [0, 0.05) is 29.2 Å². The molecule has 1 fully saturated rings. The van der Waals surface area contributed by atoms with Crippen molar-refractivity contribution in [1.29, 1.82) is 0 Å². The van der Waals surface area contributed by atoms with Crippen LogP contribution in [-0.4, -0.2) is 37.1 Å². The van der Waals surface area contributed by atoms with Gasteiger partial charge >= 0.3 is 0 Å². The van der Waals surface area contributed by atoms with Crippen LogP contribution in [0.3, 0.4) is 0 Å². The second-order valence-corrected chi connectivity index (χ2v) is 5.95. The molecule has 1 saturated carbocycles. The number of hydrogen-bond donors (Lipinski definition) is 2. The van der Waals surface area contributed by atoms with Gasteiger partial charge < -0.3 is 19.9 Å². The third kappa shape index (κ3) is 5.40. The highest BCUT2D eigenvalue weighted by Gasteiger charge is 2.20. The van der Waals surface area contributed by atoms with Gasteiger partial charge in [-0.2, -0.15) is 0 Å². The van der Waals surface area contributed by atoms with Gasteiger partial charge in [0.2, 0.25) is 0 Å². The summed E-state index contributed by atoms with van der Waals surface area (Å²) in [6.07, 6.45) is 1.93. The number of ether oxygens (including phenoxy) is 2. The summed E-state index contributed by atoms with van der Waals surface area (Å²) in [5, 5.41) is 13.2. The van der Waals surface area contributed by atoms with E-state index in [1.54, 1.807) is 0 Å². The Labute approximate surface area is 128 Å². The average Bonchev–Trinajstić information content (AvgIpc) is 3.26. The number of aliphatic hydroxyl groups is 1. The van der Waals surface area contributed by atoms with E-state index in [1.807, 2.05) is 19.1 Å². The van der Waals surface area contributed by atoms with Gasteiger partial charge in [-0.15, -0.1) is 0 Å². The zero-order valence-electron chi connectivity index (χ0n) is 11.8. The van der Waals surface area contributed by atoms with E-state index in [0.29, 0.717) is 19.3 Å². The third-order valence-corrected chi connectivity index (χ3v) is 3.62. The molecule has 1 aliphatic rings. The molecule has 2 rings (SSSR count). The Balaban J connectivity index is 1.87. The van der Waals surface area contributed by atoms with Gasteiger partial charge in [-0.3, -0.25) is 0 Å². The highest BCUT2D eigenvalue weighted by molar-refractivity contribution is 9.10. The lowest BCUT2D eigenvalue weighted by atomic mass is 10.2. The van der Waals surface area contributed by atoms with Crippen molar-refractivity contribution in [1.82, 2.24) is 5.32 Å². The number of halogens is 1. The Kier molecular flexibility index (Phi) is 6.29. The van der Waals surface area contributed by atoms with Gasteiger partial charge in [0.1, 0.15) is 18.5 Å². The van der Waals surface area contributed by atoms with E-state index in [2.05, 4.69) is 27.3 Å². The molecule has 4 nitrogen and oxygen atoms in total. The molecule has 0 spiro atoms. The van der Waals surface area contributed by atoms with E-state index in [0.717, 1.165) is 22.3 Å². The van der Waals surface area contributed by atoms with Crippen molar-refractivity contribution < 1.29 is 14.6 Å². The molecular weight excluding hydrogens is 322 g/mol. The maximum Gasteiger partial charge on any atom is 0.124 e. The minimum Gasteiger partial charge on any atom is -0.490 e. The molecule has 1 atom stereocenters. The fourth-order valence-electron chi connectivity index (χ4n) is 1.86. The van der Waals surface area contributed by atoms with Crippen LogP contribution in [0, 0.1) is 0 Å². The first-order valence-electron chi connectivity index (χ1n) is 7.09. The molecule has 0 aromatic heterocycles. The summed E-state index contributed by atoms with van der Waals surface area (Å²) in [6, 6.07) is 6.59. The van der Waals surface area contributed by atoms with E-state index in [9.17, 15) is 5.11 Å². The van der Waals surface area contributed by atoms with E-state index < -0.39 is 6.10 Å². The van der Waals surface area contributed by atoms with Crippen molar-refractivity contribution in [3.63, 3.8) is 0 Å². The summed E-state index contributed by atoms with van der Waals surface area (Å²) >= 11 is 3.48. The Hall–Kier alpha value is -0.620. The van der Waals surface area contributed by atoms with Crippen LogP contribution < -0.4 is 10.1 Å². The molecule has 1 aromatic carbocycles. The molecule has 0 aliphatic heterocycles. The molecule has 20 heavy (non-hydrogen) atoms. The van der Waals surface area contributed by atoms with Gasteiger partial charge in [0.05, 0.1) is 6.61 Å². The van der Waals surface area contributed by atoms with Gasteiger partial charge in [-0.05, 0) is 38.0 Å². The summed E-state index contributed by atoms with van der Waals surface area (Å²) in [5.41, 5.74) is 1.11. The summed E-state index contributed by atoms with van der Waals surface area (Å²) in [5.74, 6) is 0.817. The van der Waals surface area contributed by atoms with Gasteiger partial charge in [-0.25, -0.2) is 0 Å². The Bertz CT molecular complexity index is 424. The van der Waals surface area contributed by atoms with Crippen molar-refractivity contribution >= 4 is 15.9 Å². The van der Waals surface area contributed by atoms with Crippen LogP contribution in [0.4, 0.5) is 0 Å². The molecule has 0 bridgehead atoms. The lowest BCUT2D eigenvalue weighted by Gasteiger charge is -2.15. The zero-order valence-corrected chi connectivity index (χ0v) is 13.4. The van der Waals surface area contributed by atoms with Crippen LogP contribution in [0.2, 0.25) is 0 Å². The molecule has 1 aliphatic carbocycles. The summed E-state index contributed by atoms with van der Waals surface area (Å²) in [6.45, 7) is 3.86. The Morgan fingerprint density at radius 3 is 2.90 bits per heavy atom. The first kappa shape index (κ1) is 15.8. The molecule has 0 radical (unpaired) electrons. The summed E-state index contributed by atoms with van der Waals surface area (Å²) in [4.78, 5) is 0. The van der Waals surface area contributed by atoms with E-state index in [4.69, 9.17) is 9.47 Å². The van der Waals surface area contributed by atoms with Crippen LogP contribution in [0.25, 0.3) is 0 Å². The topological polar surface area (TPSA) is 50.7 Å². The Morgan fingerprint density at radius 1 is 1.40 bits per heavy atom. The number of benzene rings is 1. The van der Waals surface area contributed by atoms with Crippen molar-refractivity contribution in [3.05, 3.63) is 28.2 Å². The van der Waals surface area contributed by atoms with Crippen LogP contribution >= 0.6 is 15.9 Å². The fraction of sp³-hybridized carbons (Fsp3) is 0.600. The van der Waals surface area contributed by atoms with Crippen molar-refractivity contribution in [3.8, 4) is 5.75 Å². The lowest BCUT2D eigenvalue weighted by Crippen LogP contribution is -2.24. The number of rotatable bonds is 9. The molecular formula is C15H22BrNO3. The van der Waals surface area contributed by atoms with E-state index in [1.165, 1.54) is 12.8 Å². The van der Waals surface area contributed by atoms with Crippen LogP contribution in [0.15, 0.2) is 22.7 Å². The quantitative estimate of drug-likeness (QED) is 0.723. The van der Waals surface area contributed by atoms with Crippen molar-refractivity contribution in [2.24, 2.45) is 0 Å². The average molecular weight is 344 g/mol. The van der Waals surface area contributed by atoms with Crippen LogP contribution in [0.1, 0.15) is 25.3 Å². The molecule has 1 unspecified atom stereocenters. The summed E-state index contributed by atoms with van der Waals surface area (Å²) < 4.78 is 11.9. The van der Waals surface area contributed by atoms with E-state index in [-0.39, 0.29) is 6.61 Å².